The number of pyridine rings is 2. The third-order valence-corrected chi connectivity index (χ3v) is 7.11. The molecule has 0 saturated carbocycles. The average molecular weight is 511 g/mol. The fraction of sp³-hybridized carbons (Fsp3) is 0.440. The maximum Gasteiger partial charge on any atom is 0.255 e. The molecule has 0 spiro atoms. The number of alkyl halides is 2. The topological polar surface area (TPSA) is 100 Å². The van der Waals surface area contributed by atoms with Gasteiger partial charge in [0.2, 0.25) is 11.8 Å². The van der Waals surface area contributed by atoms with E-state index in [0.29, 0.717) is 30.5 Å². The molecule has 3 aliphatic rings. The minimum absolute atomic E-state index is 0.0512. The number of nitrogens with zero attached hydrogens (tertiary/aromatic N) is 6. The van der Waals surface area contributed by atoms with Crippen molar-refractivity contribution in [1.82, 2.24) is 24.6 Å². The van der Waals surface area contributed by atoms with Crippen LogP contribution >= 0.6 is 0 Å². The number of ether oxygens (including phenoxy) is 1. The number of anilines is 4. The molecule has 6 rings (SSSR count). The van der Waals surface area contributed by atoms with Crippen LogP contribution in [0.15, 0.2) is 24.5 Å². The predicted octanol–water partition coefficient (Wildman–Crippen LogP) is 2.74. The summed E-state index contributed by atoms with van der Waals surface area (Å²) in [4.78, 5) is 25.0. The normalized spacial score (nSPS) is 16.9. The van der Waals surface area contributed by atoms with Gasteiger partial charge in [-0.05, 0) is 30.5 Å². The second kappa shape index (κ2) is 9.49. The van der Waals surface area contributed by atoms with Gasteiger partial charge in [-0.1, -0.05) is 0 Å². The van der Waals surface area contributed by atoms with Crippen LogP contribution in [0.3, 0.4) is 0 Å². The zero-order chi connectivity index (χ0) is 25.5. The van der Waals surface area contributed by atoms with Crippen LogP contribution in [0.2, 0.25) is 0 Å². The second-order valence-electron chi connectivity index (χ2n) is 9.52. The summed E-state index contributed by atoms with van der Waals surface area (Å²) in [5.74, 6) is 1.54. The highest BCUT2D eigenvalue weighted by Gasteiger charge is 2.25. The van der Waals surface area contributed by atoms with Crippen molar-refractivity contribution in [2.45, 2.75) is 39.3 Å². The molecule has 0 bridgehead atoms. The van der Waals surface area contributed by atoms with E-state index in [1.54, 1.807) is 4.68 Å². The van der Waals surface area contributed by atoms with E-state index < -0.39 is 13.0 Å². The van der Waals surface area contributed by atoms with Gasteiger partial charge in [-0.3, -0.25) is 9.48 Å². The molecule has 12 heteroatoms. The van der Waals surface area contributed by atoms with Gasteiger partial charge in [0.15, 0.2) is 5.82 Å². The lowest BCUT2D eigenvalue weighted by Gasteiger charge is -2.33. The smallest absolute Gasteiger partial charge is 0.255 e. The van der Waals surface area contributed by atoms with Crippen molar-refractivity contribution in [3.05, 3.63) is 46.9 Å². The van der Waals surface area contributed by atoms with Crippen LogP contribution < -0.4 is 20.3 Å². The average Bonchev–Trinajstić information content (AvgIpc) is 3.20. The zero-order valence-electron chi connectivity index (χ0n) is 20.5. The van der Waals surface area contributed by atoms with Crippen molar-refractivity contribution in [3.63, 3.8) is 0 Å². The largest absolute Gasteiger partial charge is 0.474 e. The maximum absolute atomic E-state index is 12.8. The Morgan fingerprint density at radius 2 is 2.00 bits per heavy atom. The van der Waals surface area contributed by atoms with E-state index in [0.717, 1.165) is 48.7 Å². The van der Waals surface area contributed by atoms with E-state index in [9.17, 15) is 13.6 Å². The molecule has 10 nitrogen and oxygen atoms in total. The molecule has 0 radical (unpaired) electrons. The van der Waals surface area contributed by atoms with Gasteiger partial charge < -0.3 is 25.2 Å². The molecular formula is C25H28F2N8O2. The number of aromatic nitrogens is 4. The molecule has 3 aromatic rings. The maximum atomic E-state index is 12.8. The van der Waals surface area contributed by atoms with Crippen LogP contribution in [0.25, 0.3) is 0 Å². The number of carbonyl (C=O) groups excluding carboxylic acids is 1. The van der Waals surface area contributed by atoms with Gasteiger partial charge in [0.25, 0.3) is 6.43 Å². The summed E-state index contributed by atoms with van der Waals surface area (Å²) in [6.45, 7) is 4.72. The summed E-state index contributed by atoms with van der Waals surface area (Å²) in [5, 5.41) is 11.1. The number of hydrogen-bond acceptors (Lipinski definition) is 8. The molecule has 3 aromatic heterocycles. The van der Waals surface area contributed by atoms with Gasteiger partial charge in [0.05, 0.1) is 18.4 Å². The first-order chi connectivity index (χ1) is 17.9. The summed E-state index contributed by atoms with van der Waals surface area (Å²) in [7, 11) is 0. The number of halogens is 2. The first-order valence-electron chi connectivity index (χ1n) is 12.4. The SMILES string of the molecule is Cc1c(N2CCc3cnc(Nc4cc5n(n4)CC(=O)N(CC(F)F)CC5)cc3C2)cnc2c1NCCO2. The minimum Gasteiger partial charge on any atom is -0.474 e. The van der Waals surface area contributed by atoms with E-state index in [1.807, 2.05) is 24.5 Å². The van der Waals surface area contributed by atoms with Crippen LogP contribution in [-0.4, -0.2) is 69.8 Å². The summed E-state index contributed by atoms with van der Waals surface area (Å²) in [5.41, 5.74) is 6.37. The number of rotatable bonds is 5. The van der Waals surface area contributed by atoms with Crippen molar-refractivity contribution in [3.8, 4) is 5.88 Å². The van der Waals surface area contributed by atoms with Gasteiger partial charge in [0.1, 0.15) is 24.7 Å². The Kier molecular flexibility index (Phi) is 6.01. The predicted molar refractivity (Wildman–Crippen MR) is 134 cm³/mol. The number of carbonyl (C=O) groups is 1. The number of hydrogen-bond donors (Lipinski definition) is 2. The molecule has 2 N–H and O–H groups in total. The second-order valence-corrected chi connectivity index (χ2v) is 9.52. The first-order valence-corrected chi connectivity index (χ1v) is 12.4. The van der Waals surface area contributed by atoms with E-state index in [4.69, 9.17) is 4.74 Å². The van der Waals surface area contributed by atoms with Crippen molar-refractivity contribution >= 4 is 28.9 Å². The lowest BCUT2D eigenvalue weighted by molar-refractivity contribution is -0.133. The Bertz CT molecular complexity index is 1340. The van der Waals surface area contributed by atoms with E-state index in [1.165, 1.54) is 16.0 Å². The Labute approximate surface area is 212 Å². The fourth-order valence-electron chi connectivity index (χ4n) is 5.19. The van der Waals surface area contributed by atoms with Gasteiger partial charge in [0, 0.05) is 56.1 Å². The monoisotopic (exact) mass is 510 g/mol. The minimum atomic E-state index is -2.55. The van der Waals surface area contributed by atoms with Crippen LogP contribution in [0.5, 0.6) is 5.88 Å². The molecule has 0 atom stereocenters. The van der Waals surface area contributed by atoms with Gasteiger partial charge in [-0.25, -0.2) is 18.7 Å². The van der Waals surface area contributed by atoms with Gasteiger partial charge in [-0.15, -0.1) is 0 Å². The molecule has 0 aliphatic carbocycles. The molecule has 6 heterocycles. The molecule has 37 heavy (non-hydrogen) atoms. The molecule has 0 unspecified atom stereocenters. The van der Waals surface area contributed by atoms with Gasteiger partial charge in [-0.2, -0.15) is 5.10 Å². The third kappa shape index (κ3) is 4.63. The van der Waals surface area contributed by atoms with E-state index >= 15 is 0 Å². The van der Waals surface area contributed by atoms with E-state index in [2.05, 4.69) is 37.5 Å². The van der Waals surface area contributed by atoms with Crippen molar-refractivity contribution in [2.24, 2.45) is 0 Å². The number of nitrogens with one attached hydrogen (secondary N) is 2. The lowest BCUT2D eigenvalue weighted by atomic mass is 10.0. The third-order valence-electron chi connectivity index (χ3n) is 7.11. The van der Waals surface area contributed by atoms with E-state index in [-0.39, 0.29) is 19.0 Å². The Morgan fingerprint density at radius 3 is 2.86 bits per heavy atom. The molecule has 1 amide bonds. The Hall–Kier alpha value is -3.96. The lowest BCUT2D eigenvalue weighted by Crippen LogP contribution is -2.36. The molecule has 194 valence electrons. The zero-order valence-corrected chi connectivity index (χ0v) is 20.5. The van der Waals surface area contributed by atoms with Crippen LogP contribution in [0.1, 0.15) is 22.4 Å². The molecule has 0 aromatic carbocycles. The fourth-order valence-corrected chi connectivity index (χ4v) is 5.19. The van der Waals surface area contributed by atoms with Crippen LogP contribution in [0.4, 0.5) is 31.8 Å². The summed E-state index contributed by atoms with van der Waals surface area (Å²) in [6.07, 6.45) is 2.58. The Morgan fingerprint density at radius 1 is 1.11 bits per heavy atom. The molecule has 0 fully saturated rings. The van der Waals surface area contributed by atoms with Crippen molar-refractivity contribution in [2.75, 3.05) is 48.3 Å². The first kappa shape index (κ1) is 23.4. The summed E-state index contributed by atoms with van der Waals surface area (Å²) < 4.78 is 32.8. The van der Waals surface area contributed by atoms with Crippen molar-refractivity contribution in [1.29, 1.82) is 0 Å². The van der Waals surface area contributed by atoms with Crippen molar-refractivity contribution < 1.29 is 18.3 Å². The summed E-state index contributed by atoms with van der Waals surface area (Å²) in [6, 6.07) is 3.88. The molecule has 0 saturated heterocycles. The molecular weight excluding hydrogens is 482 g/mol. The number of amides is 1. The van der Waals surface area contributed by atoms with Crippen LogP contribution in [0, 0.1) is 6.92 Å². The highest BCUT2D eigenvalue weighted by atomic mass is 19.3. The highest BCUT2D eigenvalue weighted by molar-refractivity contribution is 5.76. The number of fused-ring (bicyclic) bond motifs is 3. The highest BCUT2D eigenvalue weighted by Crippen LogP contribution is 2.36. The quantitative estimate of drug-likeness (QED) is 0.541. The summed E-state index contributed by atoms with van der Waals surface area (Å²) >= 11 is 0. The standard InChI is InChI=1S/C25H28F2N8O2/c1-15-19(11-30-25-24(15)28-4-7-37-25)33-5-2-16-10-29-21(8-17(16)12-33)31-22-9-18-3-6-34(13-20(26)27)23(36)14-35(18)32-22/h8-11,20,28H,2-7,12-14H2,1H3,(H,29,31,32). The van der Waals surface area contributed by atoms with Gasteiger partial charge >= 0.3 is 0 Å². The molecule has 3 aliphatic heterocycles. The van der Waals surface area contributed by atoms with Crippen LogP contribution in [-0.2, 0) is 30.7 Å². The Balaban J connectivity index is 1.17.